The Kier molecular flexibility index (Phi) is 11.9. The second-order valence-corrected chi connectivity index (χ2v) is 7.18. The predicted octanol–water partition coefficient (Wildman–Crippen LogP) is 4.10. The van der Waals surface area contributed by atoms with Crippen molar-refractivity contribution in [2.45, 2.75) is 45.9 Å². The number of aliphatic imine (C=N–C) groups is 1. The van der Waals surface area contributed by atoms with Gasteiger partial charge in [0.1, 0.15) is 17.7 Å². The molecule has 2 rings (SSSR count). The quantitative estimate of drug-likeness (QED) is 0.254. The zero-order valence-corrected chi connectivity index (χ0v) is 20.8. The van der Waals surface area contributed by atoms with E-state index in [4.69, 9.17) is 4.74 Å². The van der Waals surface area contributed by atoms with Gasteiger partial charge in [-0.25, -0.2) is 4.39 Å². The van der Waals surface area contributed by atoms with Gasteiger partial charge in [0.15, 0.2) is 5.96 Å². The SMILES string of the molecule is CCC(C)NC(=O)c1cccc(CNC(=NC)NCC(C)Oc2cccc(F)c2)c1.I. The molecule has 170 valence electrons. The average Bonchev–Trinajstić information content (AvgIpc) is 2.74. The molecule has 2 atom stereocenters. The Morgan fingerprint density at radius 2 is 1.87 bits per heavy atom. The molecule has 0 saturated heterocycles. The molecule has 0 aromatic heterocycles. The number of hydrogen-bond donors (Lipinski definition) is 3. The number of nitrogens with zero attached hydrogens (tertiary/aromatic N) is 1. The summed E-state index contributed by atoms with van der Waals surface area (Å²) in [6, 6.07) is 13.7. The molecule has 3 N–H and O–H groups in total. The van der Waals surface area contributed by atoms with Crippen LogP contribution in [-0.4, -0.2) is 37.6 Å². The molecule has 2 aromatic carbocycles. The third-order valence-electron chi connectivity index (χ3n) is 4.55. The molecule has 2 aromatic rings. The van der Waals surface area contributed by atoms with Crippen molar-refractivity contribution in [3.8, 4) is 5.75 Å². The van der Waals surface area contributed by atoms with Crippen LogP contribution in [0.5, 0.6) is 5.75 Å². The summed E-state index contributed by atoms with van der Waals surface area (Å²) < 4.78 is 19.0. The maximum absolute atomic E-state index is 13.3. The number of halogens is 2. The van der Waals surface area contributed by atoms with Gasteiger partial charge < -0.3 is 20.7 Å². The van der Waals surface area contributed by atoms with Crippen LogP contribution in [0.2, 0.25) is 0 Å². The Morgan fingerprint density at radius 3 is 2.55 bits per heavy atom. The van der Waals surface area contributed by atoms with E-state index in [2.05, 4.69) is 20.9 Å². The van der Waals surface area contributed by atoms with E-state index < -0.39 is 0 Å². The van der Waals surface area contributed by atoms with E-state index in [0.717, 1.165) is 12.0 Å². The molecule has 0 aliphatic carbocycles. The number of guanidine groups is 1. The number of amides is 1. The van der Waals surface area contributed by atoms with Gasteiger partial charge in [0.2, 0.25) is 0 Å². The molecule has 0 radical (unpaired) electrons. The number of carbonyl (C=O) groups is 1. The highest BCUT2D eigenvalue weighted by Crippen LogP contribution is 2.13. The summed E-state index contributed by atoms with van der Waals surface area (Å²) >= 11 is 0. The normalized spacial score (nSPS) is 12.9. The van der Waals surface area contributed by atoms with Crippen molar-refractivity contribution in [2.24, 2.45) is 4.99 Å². The first-order valence-electron chi connectivity index (χ1n) is 10.2. The lowest BCUT2D eigenvalue weighted by Crippen LogP contribution is -2.41. The van der Waals surface area contributed by atoms with Crippen molar-refractivity contribution in [1.82, 2.24) is 16.0 Å². The van der Waals surface area contributed by atoms with Crippen LogP contribution in [0.3, 0.4) is 0 Å². The molecule has 0 aliphatic heterocycles. The molecule has 6 nitrogen and oxygen atoms in total. The van der Waals surface area contributed by atoms with Gasteiger partial charge in [-0.2, -0.15) is 0 Å². The Balaban J connectivity index is 0.00000480. The number of ether oxygens (including phenoxy) is 1. The third kappa shape index (κ3) is 9.54. The molecular formula is C23H32FIN4O2. The summed E-state index contributed by atoms with van der Waals surface area (Å²) in [6.07, 6.45) is 0.703. The van der Waals surface area contributed by atoms with Gasteiger partial charge in [0.25, 0.3) is 5.91 Å². The average molecular weight is 542 g/mol. The lowest BCUT2D eigenvalue weighted by Gasteiger charge is -2.18. The lowest BCUT2D eigenvalue weighted by atomic mass is 10.1. The van der Waals surface area contributed by atoms with E-state index in [-0.39, 0.29) is 47.8 Å². The topological polar surface area (TPSA) is 74.8 Å². The van der Waals surface area contributed by atoms with E-state index in [1.807, 2.05) is 39.0 Å². The van der Waals surface area contributed by atoms with E-state index >= 15 is 0 Å². The van der Waals surface area contributed by atoms with Crippen molar-refractivity contribution < 1.29 is 13.9 Å². The third-order valence-corrected chi connectivity index (χ3v) is 4.55. The van der Waals surface area contributed by atoms with Crippen molar-refractivity contribution in [1.29, 1.82) is 0 Å². The molecule has 8 heteroatoms. The zero-order chi connectivity index (χ0) is 21.9. The van der Waals surface area contributed by atoms with Crippen molar-refractivity contribution in [3.05, 3.63) is 65.5 Å². The monoisotopic (exact) mass is 542 g/mol. The number of rotatable bonds is 9. The fourth-order valence-electron chi connectivity index (χ4n) is 2.69. The van der Waals surface area contributed by atoms with Crippen LogP contribution >= 0.6 is 24.0 Å². The Morgan fingerprint density at radius 1 is 1.13 bits per heavy atom. The Labute approximate surface area is 201 Å². The second-order valence-electron chi connectivity index (χ2n) is 7.18. The largest absolute Gasteiger partial charge is 0.489 e. The maximum atomic E-state index is 13.3. The minimum Gasteiger partial charge on any atom is -0.489 e. The van der Waals surface area contributed by atoms with Crippen LogP contribution in [0.1, 0.15) is 43.1 Å². The fraction of sp³-hybridized carbons (Fsp3) is 0.391. The first-order chi connectivity index (χ1) is 14.4. The molecule has 0 aliphatic rings. The van der Waals surface area contributed by atoms with Crippen LogP contribution in [-0.2, 0) is 6.54 Å². The van der Waals surface area contributed by atoms with Gasteiger partial charge in [-0.3, -0.25) is 9.79 Å². The Bertz CT molecular complexity index is 863. The minimum absolute atomic E-state index is 0. The highest BCUT2D eigenvalue weighted by molar-refractivity contribution is 14.0. The smallest absolute Gasteiger partial charge is 0.251 e. The van der Waals surface area contributed by atoms with Gasteiger partial charge in [0, 0.05) is 31.3 Å². The zero-order valence-electron chi connectivity index (χ0n) is 18.4. The Hall–Kier alpha value is -2.36. The van der Waals surface area contributed by atoms with Crippen LogP contribution in [0, 0.1) is 5.82 Å². The lowest BCUT2D eigenvalue weighted by molar-refractivity contribution is 0.0939. The number of nitrogens with one attached hydrogen (secondary N) is 3. The molecule has 0 spiro atoms. The predicted molar refractivity (Wildman–Crippen MR) is 134 cm³/mol. The van der Waals surface area contributed by atoms with E-state index in [1.165, 1.54) is 12.1 Å². The van der Waals surface area contributed by atoms with Gasteiger partial charge >= 0.3 is 0 Å². The van der Waals surface area contributed by atoms with E-state index in [1.54, 1.807) is 25.2 Å². The first-order valence-corrected chi connectivity index (χ1v) is 10.2. The van der Waals surface area contributed by atoms with Crippen LogP contribution in [0.4, 0.5) is 4.39 Å². The van der Waals surface area contributed by atoms with Crippen molar-refractivity contribution in [2.75, 3.05) is 13.6 Å². The van der Waals surface area contributed by atoms with Gasteiger partial charge in [-0.15, -0.1) is 24.0 Å². The minimum atomic E-state index is -0.329. The van der Waals surface area contributed by atoms with Crippen LogP contribution < -0.4 is 20.7 Å². The molecule has 0 bridgehead atoms. The van der Waals surface area contributed by atoms with E-state index in [0.29, 0.717) is 30.4 Å². The first kappa shape index (κ1) is 26.7. The summed E-state index contributed by atoms with van der Waals surface area (Å²) in [4.78, 5) is 16.5. The molecular weight excluding hydrogens is 510 g/mol. The highest BCUT2D eigenvalue weighted by Gasteiger charge is 2.10. The molecule has 2 unspecified atom stereocenters. The fourth-order valence-corrected chi connectivity index (χ4v) is 2.69. The summed E-state index contributed by atoms with van der Waals surface area (Å²) in [5.41, 5.74) is 1.61. The summed E-state index contributed by atoms with van der Waals surface area (Å²) in [5.74, 6) is 0.695. The molecule has 0 saturated carbocycles. The number of benzene rings is 2. The molecule has 31 heavy (non-hydrogen) atoms. The second kappa shape index (κ2) is 13.8. The van der Waals surface area contributed by atoms with Crippen molar-refractivity contribution >= 4 is 35.8 Å². The van der Waals surface area contributed by atoms with Gasteiger partial charge in [-0.05, 0) is 50.1 Å². The van der Waals surface area contributed by atoms with Crippen molar-refractivity contribution in [3.63, 3.8) is 0 Å². The number of hydrogen-bond acceptors (Lipinski definition) is 3. The molecule has 0 heterocycles. The summed E-state index contributed by atoms with van der Waals surface area (Å²) in [7, 11) is 1.68. The highest BCUT2D eigenvalue weighted by atomic mass is 127. The van der Waals surface area contributed by atoms with E-state index in [9.17, 15) is 9.18 Å². The van der Waals surface area contributed by atoms with Crippen LogP contribution in [0.15, 0.2) is 53.5 Å². The van der Waals surface area contributed by atoms with Gasteiger partial charge in [-0.1, -0.05) is 25.1 Å². The standard InChI is InChI=1S/C23H31FN4O2.HI/c1-5-16(2)28-22(29)19-9-6-8-18(12-19)15-27-23(25-4)26-14-17(3)30-21-11-7-10-20(24)13-21;/h6-13,16-17H,5,14-15H2,1-4H3,(H,28,29)(H2,25,26,27);1H. The van der Waals surface area contributed by atoms with Gasteiger partial charge in [0.05, 0.1) is 6.54 Å². The molecule has 0 fully saturated rings. The summed E-state index contributed by atoms with van der Waals surface area (Å²) in [5, 5.41) is 9.38. The molecule has 1 amide bonds. The number of carbonyl (C=O) groups excluding carboxylic acids is 1. The summed E-state index contributed by atoms with van der Waals surface area (Å²) in [6.45, 7) is 6.92. The maximum Gasteiger partial charge on any atom is 0.251 e. The van der Waals surface area contributed by atoms with Crippen LogP contribution in [0.25, 0.3) is 0 Å².